The van der Waals surface area contributed by atoms with Gasteiger partial charge in [-0.05, 0) is 25.8 Å². The van der Waals surface area contributed by atoms with E-state index in [-0.39, 0.29) is 5.92 Å². The molecule has 4 heteroatoms. The van der Waals surface area contributed by atoms with Crippen LogP contribution in [0, 0.1) is 5.92 Å². The van der Waals surface area contributed by atoms with Crippen LogP contribution < -0.4 is 22.9 Å². The first-order chi connectivity index (χ1) is 13.0. The topological polar surface area (TPSA) is 104 Å². The van der Waals surface area contributed by atoms with Crippen LogP contribution in [0.15, 0.2) is 0 Å². The molecule has 0 rings (SSSR count). The smallest absolute Gasteiger partial charge is 0.118 e. The van der Waals surface area contributed by atoms with Gasteiger partial charge in [-0.3, -0.25) is 0 Å². The van der Waals surface area contributed by atoms with Crippen LogP contribution in [-0.2, 0) is 0 Å². The van der Waals surface area contributed by atoms with Gasteiger partial charge in [0.2, 0.25) is 0 Å². The summed E-state index contributed by atoms with van der Waals surface area (Å²) in [4.78, 5) is 0. The van der Waals surface area contributed by atoms with E-state index in [0.717, 1.165) is 19.4 Å². The van der Waals surface area contributed by atoms with Crippen LogP contribution in [0.4, 0.5) is 0 Å². The molecule has 8 N–H and O–H groups in total. The third-order valence-corrected chi connectivity index (χ3v) is 5.87. The predicted molar refractivity (Wildman–Crippen MR) is 121 cm³/mol. The molecule has 27 heavy (non-hydrogen) atoms. The lowest BCUT2D eigenvalue weighted by Crippen LogP contribution is -2.63. The van der Waals surface area contributed by atoms with E-state index in [1.54, 1.807) is 0 Å². The van der Waals surface area contributed by atoms with Crippen LogP contribution in [0.3, 0.4) is 0 Å². The fourth-order valence-corrected chi connectivity index (χ4v) is 3.94. The first-order valence-corrected chi connectivity index (χ1v) is 12.1. The Kier molecular flexibility index (Phi) is 19.1. The van der Waals surface area contributed by atoms with Crippen molar-refractivity contribution >= 4 is 0 Å². The highest BCUT2D eigenvalue weighted by molar-refractivity contribution is 4.79. The van der Waals surface area contributed by atoms with E-state index in [1.807, 2.05) is 0 Å². The highest BCUT2D eigenvalue weighted by Crippen LogP contribution is 2.22. The molecule has 0 aliphatic rings. The number of unbranched alkanes of at least 4 members (excludes halogenated alkanes) is 15. The largest absolute Gasteiger partial charge is 0.330 e. The fourth-order valence-electron chi connectivity index (χ4n) is 3.94. The summed E-state index contributed by atoms with van der Waals surface area (Å²) in [6, 6.07) is 0. The first-order valence-electron chi connectivity index (χ1n) is 12.1. The van der Waals surface area contributed by atoms with Crippen LogP contribution in [0.5, 0.6) is 0 Å². The number of rotatable bonds is 21. The fraction of sp³-hybridized carbons (Fsp3) is 1.00. The summed E-state index contributed by atoms with van der Waals surface area (Å²) in [5.41, 5.74) is 23.7. The maximum Gasteiger partial charge on any atom is 0.118 e. The van der Waals surface area contributed by atoms with Crippen LogP contribution in [0.1, 0.15) is 129 Å². The minimum absolute atomic E-state index is 0.256. The SMILES string of the molecule is CCCCCCCCCCCC(CCCCCCCCCCN)C(N)(N)N. The zero-order valence-electron chi connectivity index (χ0n) is 18.5. The molecule has 0 aliphatic carbocycles. The third-order valence-electron chi connectivity index (χ3n) is 5.87. The second kappa shape index (κ2) is 19.2. The van der Waals surface area contributed by atoms with Crippen molar-refractivity contribution in [2.75, 3.05) is 6.54 Å². The Morgan fingerprint density at radius 2 is 0.852 bits per heavy atom. The van der Waals surface area contributed by atoms with Gasteiger partial charge in [0.05, 0.1) is 0 Å². The van der Waals surface area contributed by atoms with Crippen molar-refractivity contribution in [1.29, 1.82) is 0 Å². The molecule has 0 radical (unpaired) electrons. The van der Waals surface area contributed by atoms with Crippen molar-refractivity contribution in [1.82, 2.24) is 0 Å². The quantitative estimate of drug-likeness (QED) is 0.154. The second-order valence-corrected chi connectivity index (χ2v) is 8.72. The van der Waals surface area contributed by atoms with Crippen molar-refractivity contribution < 1.29 is 0 Å². The summed E-state index contributed by atoms with van der Waals surface area (Å²) in [5, 5.41) is 0. The lowest BCUT2D eigenvalue weighted by atomic mass is 9.89. The van der Waals surface area contributed by atoms with Crippen LogP contribution >= 0.6 is 0 Å². The maximum absolute atomic E-state index is 6.04. The van der Waals surface area contributed by atoms with Crippen LogP contribution in [-0.4, -0.2) is 12.3 Å². The molecule has 0 spiro atoms. The zero-order valence-corrected chi connectivity index (χ0v) is 18.5. The van der Waals surface area contributed by atoms with Crippen molar-refractivity contribution in [3.63, 3.8) is 0 Å². The second-order valence-electron chi connectivity index (χ2n) is 8.72. The van der Waals surface area contributed by atoms with Gasteiger partial charge in [0.15, 0.2) is 0 Å². The van der Waals surface area contributed by atoms with Crippen molar-refractivity contribution in [3.05, 3.63) is 0 Å². The van der Waals surface area contributed by atoms with E-state index in [9.17, 15) is 0 Å². The molecule has 0 amide bonds. The van der Waals surface area contributed by atoms with Crippen molar-refractivity contribution in [2.45, 2.75) is 135 Å². The van der Waals surface area contributed by atoms with Crippen LogP contribution in [0.2, 0.25) is 0 Å². The standard InChI is InChI=1S/C23H52N4/c1-2-3-4-5-6-7-10-13-16-19-22(23(25,26)27)20-17-14-11-8-9-12-15-18-21-24/h22H,2-21,24-27H2,1H3. The molecule has 0 saturated heterocycles. The van der Waals surface area contributed by atoms with E-state index >= 15 is 0 Å². The summed E-state index contributed by atoms with van der Waals surface area (Å²) in [6.07, 6.45) is 24.6. The summed E-state index contributed by atoms with van der Waals surface area (Å²) < 4.78 is 0. The lowest BCUT2D eigenvalue weighted by molar-refractivity contribution is 0.240. The normalized spacial score (nSPS) is 13.2. The first kappa shape index (κ1) is 26.8. The average molecular weight is 385 g/mol. The van der Waals surface area contributed by atoms with Gasteiger partial charge >= 0.3 is 0 Å². The molecule has 0 saturated carbocycles. The number of hydrogen-bond acceptors (Lipinski definition) is 4. The van der Waals surface area contributed by atoms with Gasteiger partial charge < -0.3 is 22.9 Å². The Balaban J connectivity index is 3.63. The van der Waals surface area contributed by atoms with E-state index in [2.05, 4.69) is 6.92 Å². The molecule has 1 unspecified atom stereocenters. The van der Waals surface area contributed by atoms with Crippen LogP contribution in [0.25, 0.3) is 0 Å². The summed E-state index contributed by atoms with van der Waals surface area (Å²) in [6.45, 7) is 3.10. The average Bonchev–Trinajstić information content (AvgIpc) is 2.62. The van der Waals surface area contributed by atoms with Gasteiger partial charge in [0.1, 0.15) is 5.79 Å². The third kappa shape index (κ3) is 18.9. The molecule has 0 aromatic heterocycles. The molecule has 164 valence electrons. The maximum atomic E-state index is 6.04. The number of nitrogens with two attached hydrogens (primary N) is 4. The molecule has 1 atom stereocenters. The Hall–Kier alpha value is -0.160. The molecule has 0 fully saturated rings. The Morgan fingerprint density at radius 1 is 0.519 bits per heavy atom. The summed E-state index contributed by atoms with van der Waals surface area (Å²) in [7, 11) is 0. The van der Waals surface area contributed by atoms with E-state index in [0.29, 0.717) is 0 Å². The minimum atomic E-state index is -1.01. The minimum Gasteiger partial charge on any atom is -0.330 e. The Bertz CT molecular complexity index is 267. The Labute approximate surface area is 170 Å². The molecule has 0 bridgehead atoms. The van der Waals surface area contributed by atoms with Gasteiger partial charge in [-0.15, -0.1) is 0 Å². The molecular weight excluding hydrogens is 332 g/mol. The molecule has 0 aromatic rings. The molecular formula is C23H52N4. The molecule has 0 heterocycles. The predicted octanol–water partition coefficient (Wildman–Crippen LogP) is 5.52. The summed E-state index contributed by atoms with van der Waals surface area (Å²) in [5.74, 6) is -0.755. The molecule has 4 nitrogen and oxygen atoms in total. The highest BCUT2D eigenvalue weighted by atomic mass is 15.1. The number of hydrogen-bond donors (Lipinski definition) is 4. The van der Waals surface area contributed by atoms with Crippen molar-refractivity contribution in [3.8, 4) is 0 Å². The zero-order chi connectivity index (χ0) is 20.2. The highest BCUT2D eigenvalue weighted by Gasteiger charge is 2.25. The van der Waals surface area contributed by atoms with Crippen molar-refractivity contribution in [2.24, 2.45) is 28.9 Å². The monoisotopic (exact) mass is 384 g/mol. The molecule has 0 aromatic carbocycles. The van der Waals surface area contributed by atoms with E-state index < -0.39 is 5.79 Å². The van der Waals surface area contributed by atoms with Gasteiger partial charge in [0, 0.05) is 5.92 Å². The van der Waals surface area contributed by atoms with Gasteiger partial charge in [-0.2, -0.15) is 0 Å². The van der Waals surface area contributed by atoms with Gasteiger partial charge in [-0.25, -0.2) is 0 Å². The lowest BCUT2D eigenvalue weighted by Gasteiger charge is -2.30. The van der Waals surface area contributed by atoms with Gasteiger partial charge in [0.25, 0.3) is 0 Å². The van der Waals surface area contributed by atoms with E-state index in [1.165, 1.54) is 109 Å². The van der Waals surface area contributed by atoms with E-state index in [4.69, 9.17) is 22.9 Å². The van der Waals surface area contributed by atoms with Gasteiger partial charge in [-0.1, -0.05) is 110 Å². The Morgan fingerprint density at radius 3 is 1.19 bits per heavy atom. The summed E-state index contributed by atoms with van der Waals surface area (Å²) >= 11 is 0. The molecule has 0 aliphatic heterocycles.